The van der Waals surface area contributed by atoms with Crippen molar-refractivity contribution in [3.8, 4) is 5.75 Å². The van der Waals surface area contributed by atoms with Crippen molar-refractivity contribution >= 4 is 0 Å². The Morgan fingerprint density at radius 1 is 1.18 bits per heavy atom. The van der Waals surface area contributed by atoms with E-state index in [0.717, 1.165) is 17.9 Å². The van der Waals surface area contributed by atoms with Crippen LogP contribution in [0.25, 0.3) is 0 Å². The Hall–Kier alpha value is -1.06. The van der Waals surface area contributed by atoms with Crippen molar-refractivity contribution in [2.75, 3.05) is 19.8 Å². The molecule has 96 valence electrons. The van der Waals surface area contributed by atoms with Crippen LogP contribution in [0.4, 0.5) is 0 Å². The van der Waals surface area contributed by atoms with Gasteiger partial charge < -0.3 is 15.2 Å². The van der Waals surface area contributed by atoms with E-state index in [0.29, 0.717) is 19.1 Å². The van der Waals surface area contributed by atoms with Crippen LogP contribution in [0.1, 0.15) is 32.4 Å². The minimum absolute atomic E-state index is 0.0377. The maximum atomic E-state index is 5.81. The highest BCUT2D eigenvalue weighted by Crippen LogP contribution is 2.17. The van der Waals surface area contributed by atoms with Crippen LogP contribution in [0.15, 0.2) is 24.3 Å². The second-order valence-corrected chi connectivity index (χ2v) is 4.68. The molecule has 0 saturated heterocycles. The van der Waals surface area contributed by atoms with Crippen molar-refractivity contribution in [2.24, 2.45) is 11.7 Å². The first-order chi connectivity index (χ1) is 8.09. The lowest BCUT2D eigenvalue weighted by Crippen LogP contribution is -2.10. The maximum Gasteiger partial charge on any atom is 0.119 e. The smallest absolute Gasteiger partial charge is 0.119 e. The summed E-state index contributed by atoms with van der Waals surface area (Å²) in [6.45, 7) is 8.21. The second kappa shape index (κ2) is 7.30. The molecule has 2 N–H and O–H groups in total. The van der Waals surface area contributed by atoms with Gasteiger partial charge in [0.1, 0.15) is 12.4 Å². The summed E-state index contributed by atoms with van der Waals surface area (Å²) in [5.41, 5.74) is 6.90. The van der Waals surface area contributed by atoms with E-state index in [4.69, 9.17) is 15.2 Å². The van der Waals surface area contributed by atoms with Crippen LogP contribution >= 0.6 is 0 Å². The molecule has 0 aliphatic rings. The summed E-state index contributed by atoms with van der Waals surface area (Å²) in [6.07, 6.45) is 0. The molecule has 1 aromatic carbocycles. The number of benzene rings is 1. The molecule has 0 spiro atoms. The average molecular weight is 237 g/mol. The summed E-state index contributed by atoms with van der Waals surface area (Å²) in [4.78, 5) is 0. The van der Waals surface area contributed by atoms with Gasteiger partial charge in [-0.15, -0.1) is 0 Å². The molecule has 0 aliphatic carbocycles. The molecule has 0 heterocycles. The van der Waals surface area contributed by atoms with E-state index in [2.05, 4.69) is 13.8 Å². The Kier molecular flexibility index (Phi) is 6.01. The number of hydrogen-bond acceptors (Lipinski definition) is 3. The molecule has 0 bridgehead atoms. The molecule has 1 atom stereocenters. The summed E-state index contributed by atoms with van der Waals surface area (Å²) in [5, 5.41) is 0. The van der Waals surface area contributed by atoms with E-state index in [9.17, 15) is 0 Å². The first kappa shape index (κ1) is 14.0. The van der Waals surface area contributed by atoms with E-state index < -0.39 is 0 Å². The zero-order chi connectivity index (χ0) is 12.7. The Morgan fingerprint density at radius 2 is 1.94 bits per heavy atom. The monoisotopic (exact) mass is 237 g/mol. The van der Waals surface area contributed by atoms with E-state index in [1.54, 1.807) is 0 Å². The normalized spacial score (nSPS) is 12.8. The third-order valence-corrected chi connectivity index (χ3v) is 2.33. The molecular weight excluding hydrogens is 214 g/mol. The standard InChI is InChI=1S/C14H23NO2/c1-11(2)10-16-7-8-17-14-6-4-5-13(9-14)12(3)15/h4-6,9,11-12H,7-8,10,15H2,1-3H3. The van der Waals surface area contributed by atoms with Crippen LogP contribution in [0.2, 0.25) is 0 Å². The van der Waals surface area contributed by atoms with Gasteiger partial charge in [-0.25, -0.2) is 0 Å². The summed E-state index contributed by atoms with van der Waals surface area (Å²) >= 11 is 0. The number of hydrogen-bond donors (Lipinski definition) is 1. The maximum absolute atomic E-state index is 5.81. The largest absolute Gasteiger partial charge is 0.491 e. The highest BCUT2D eigenvalue weighted by atomic mass is 16.5. The number of nitrogens with two attached hydrogens (primary N) is 1. The molecule has 0 fully saturated rings. The number of rotatable bonds is 7. The third-order valence-electron chi connectivity index (χ3n) is 2.33. The van der Waals surface area contributed by atoms with Gasteiger partial charge in [-0.1, -0.05) is 26.0 Å². The molecule has 0 amide bonds. The van der Waals surface area contributed by atoms with E-state index in [-0.39, 0.29) is 6.04 Å². The van der Waals surface area contributed by atoms with Crippen LogP contribution in [-0.2, 0) is 4.74 Å². The van der Waals surface area contributed by atoms with Gasteiger partial charge in [0.15, 0.2) is 0 Å². The first-order valence-electron chi connectivity index (χ1n) is 6.15. The van der Waals surface area contributed by atoms with Crippen molar-refractivity contribution in [3.05, 3.63) is 29.8 Å². The van der Waals surface area contributed by atoms with Gasteiger partial charge in [0.05, 0.1) is 6.61 Å². The van der Waals surface area contributed by atoms with Crippen molar-refractivity contribution in [3.63, 3.8) is 0 Å². The van der Waals surface area contributed by atoms with Gasteiger partial charge in [-0.05, 0) is 30.5 Å². The van der Waals surface area contributed by atoms with E-state index in [1.807, 2.05) is 31.2 Å². The second-order valence-electron chi connectivity index (χ2n) is 4.68. The fourth-order valence-electron chi connectivity index (χ4n) is 1.43. The summed E-state index contributed by atoms with van der Waals surface area (Å²) in [7, 11) is 0. The molecule has 3 heteroatoms. The highest BCUT2D eigenvalue weighted by Gasteiger charge is 2.01. The Labute approximate surface area is 104 Å². The Balaban J connectivity index is 2.29. The lowest BCUT2D eigenvalue weighted by molar-refractivity contribution is 0.0819. The van der Waals surface area contributed by atoms with Crippen LogP contribution in [0.3, 0.4) is 0 Å². The van der Waals surface area contributed by atoms with Gasteiger partial charge in [-0.2, -0.15) is 0 Å². The van der Waals surface area contributed by atoms with Crippen molar-refractivity contribution in [1.82, 2.24) is 0 Å². The lowest BCUT2D eigenvalue weighted by atomic mass is 10.1. The summed E-state index contributed by atoms with van der Waals surface area (Å²) in [6, 6.07) is 7.92. The lowest BCUT2D eigenvalue weighted by Gasteiger charge is -2.11. The van der Waals surface area contributed by atoms with Gasteiger partial charge in [-0.3, -0.25) is 0 Å². The predicted octanol–water partition coefficient (Wildman–Crippen LogP) is 2.76. The van der Waals surface area contributed by atoms with Gasteiger partial charge in [0.2, 0.25) is 0 Å². The summed E-state index contributed by atoms with van der Waals surface area (Å²) in [5.74, 6) is 1.42. The predicted molar refractivity (Wildman–Crippen MR) is 70.2 cm³/mol. The number of ether oxygens (including phenoxy) is 2. The topological polar surface area (TPSA) is 44.5 Å². The van der Waals surface area contributed by atoms with Gasteiger partial charge in [0, 0.05) is 12.6 Å². The quantitative estimate of drug-likeness (QED) is 0.742. The first-order valence-corrected chi connectivity index (χ1v) is 6.15. The van der Waals surface area contributed by atoms with Crippen molar-refractivity contribution < 1.29 is 9.47 Å². The van der Waals surface area contributed by atoms with Crippen molar-refractivity contribution in [2.45, 2.75) is 26.8 Å². The molecule has 0 saturated carbocycles. The Morgan fingerprint density at radius 3 is 2.59 bits per heavy atom. The van der Waals surface area contributed by atoms with Gasteiger partial charge >= 0.3 is 0 Å². The zero-order valence-electron chi connectivity index (χ0n) is 11.0. The van der Waals surface area contributed by atoms with Crippen molar-refractivity contribution in [1.29, 1.82) is 0 Å². The molecular formula is C14H23NO2. The van der Waals surface area contributed by atoms with Crippen LogP contribution in [-0.4, -0.2) is 19.8 Å². The fourth-order valence-corrected chi connectivity index (χ4v) is 1.43. The molecule has 17 heavy (non-hydrogen) atoms. The van der Waals surface area contributed by atoms with E-state index in [1.165, 1.54) is 0 Å². The molecule has 1 aromatic rings. The molecule has 0 radical (unpaired) electrons. The van der Waals surface area contributed by atoms with E-state index >= 15 is 0 Å². The summed E-state index contributed by atoms with van der Waals surface area (Å²) < 4.78 is 11.0. The minimum Gasteiger partial charge on any atom is -0.491 e. The highest BCUT2D eigenvalue weighted by molar-refractivity contribution is 5.30. The minimum atomic E-state index is 0.0377. The fraction of sp³-hybridized carbons (Fsp3) is 0.571. The SMILES string of the molecule is CC(C)COCCOc1cccc(C(C)N)c1. The molecule has 1 unspecified atom stereocenters. The Bertz CT molecular complexity index is 324. The average Bonchev–Trinajstić information content (AvgIpc) is 2.28. The molecule has 3 nitrogen and oxygen atoms in total. The van der Waals surface area contributed by atoms with Crippen LogP contribution < -0.4 is 10.5 Å². The zero-order valence-corrected chi connectivity index (χ0v) is 11.0. The van der Waals surface area contributed by atoms with Crippen LogP contribution in [0.5, 0.6) is 5.75 Å². The van der Waals surface area contributed by atoms with Crippen LogP contribution in [0, 0.1) is 5.92 Å². The molecule has 0 aromatic heterocycles. The van der Waals surface area contributed by atoms with Gasteiger partial charge in [0.25, 0.3) is 0 Å². The molecule has 1 rings (SSSR count). The third kappa shape index (κ3) is 5.71. The molecule has 0 aliphatic heterocycles.